The Balaban J connectivity index is 4.13. The van der Waals surface area contributed by atoms with E-state index in [0.29, 0.717) is 0 Å². The Bertz CT molecular complexity index is 255. The topological polar surface area (TPSA) is 81.7 Å². The van der Waals surface area contributed by atoms with Gasteiger partial charge in [-0.2, -0.15) is 12.6 Å². The van der Waals surface area contributed by atoms with Crippen molar-refractivity contribution in [1.29, 1.82) is 0 Å². The molecule has 0 unspecified atom stereocenters. The molecule has 1 N–H and O–H groups in total. The second-order valence-corrected chi connectivity index (χ2v) is 2.94. The average molecular weight is 235 g/mol. The fourth-order valence-electron chi connectivity index (χ4n) is 0.770. The van der Waals surface area contributed by atoms with E-state index in [1.54, 1.807) is 0 Å². The standard InChI is InChI=1S/C8H13NO5S/c1-13-7(11)3-6(10)9-5(4-15)8(12)14-2/h5,15H,3-4H2,1-2H3,(H,9,10)/t5-/m1/s1. The van der Waals surface area contributed by atoms with Crippen LogP contribution in [0.5, 0.6) is 0 Å². The molecule has 1 atom stereocenters. The maximum absolute atomic E-state index is 11.1. The Kier molecular flexibility index (Phi) is 6.52. The summed E-state index contributed by atoms with van der Waals surface area (Å²) in [6.07, 6.45) is -0.433. The van der Waals surface area contributed by atoms with Gasteiger partial charge in [-0.1, -0.05) is 0 Å². The molecule has 15 heavy (non-hydrogen) atoms. The number of esters is 2. The summed E-state index contributed by atoms with van der Waals surface area (Å²) in [5.41, 5.74) is 0. The molecular weight excluding hydrogens is 222 g/mol. The largest absolute Gasteiger partial charge is 0.469 e. The van der Waals surface area contributed by atoms with Crippen LogP contribution in [-0.4, -0.2) is 43.9 Å². The van der Waals surface area contributed by atoms with Crippen molar-refractivity contribution >= 4 is 30.5 Å². The van der Waals surface area contributed by atoms with Gasteiger partial charge in [0.15, 0.2) is 0 Å². The second kappa shape index (κ2) is 7.10. The molecule has 0 aliphatic rings. The number of hydrogen-bond donors (Lipinski definition) is 2. The maximum Gasteiger partial charge on any atom is 0.329 e. The molecule has 0 saturated carbocycles. The number of carbonyl (C=O) groups is 3. The lowest BCUT2D eigenvalue weighted by Gasteiger charge is -2.13. The van der Waals surface area contributed by atoms with E-state index in [-0.39, 0.29) is 5.75 Å². The first-order valence-electron chi connectivity index (χ1n) is 4.10. The fraction of sp³-hybridized carbons (Fsp3) is 0.625. The third-order valence-electron chi connectivity index (χ3n) is 1.54. The second-order valence-electron chi connectivity index (χ2n) is 2.58. The predicted octanol–water partition coefficient (Wildman–Crippen LogP) is -0.863. The van der Waals surface area contributed by atoms with E-state index in [0.717, 1.165) is 0 Å². The molecule has 0 saturated heterocycles. The Morgan fingerprint density at radius 3 is 2.27 bits per heavy atom. The summed E-state index contributed by atoms with van der Waals surface area (Å²) in [6.45, 7) is 0. The van der Waals surface area contributed by atoms with Crippen LogP contribution in [0.1, 0.15) is 6.42 Å². The summed E-state index contributed by atoms with van der Waals surface area (Å²) in [6, 6.07) is -0.851. The minimum Gasteiger partial charge on any atom is -0.469 e. The molecule has 0 heterocycles. The van der Waals surface area contributed by atoms with Gasteiger partial charge in [0.05, 0.1) is 14.2 Å². The molecule has 0 aromatic heterocycles. The summed E-state index contributed by atoms with van der Waals surface area (Å²) in [5.74, 6) is -1.79. The number of thiol groups is 1. The van der Waals surface area contributed by atoms with Gasteiger partial charge in [-0.05, 0) is 0 Å². The highest BCUT2D eigenvalue weighted by Gasteiger charge is 2.21. The van der Waals surface area contributed by atoms with Gasteiger partial charge in [-0.25, -0.2) is 4.79 Å². The van der Waals surface area contributed by atoms with Gasteiger partial charge < -0.3 is 14.8 Å². The molecule has 0 rings (SSSR count). The van der Waals surface area contributed by atoms with Crippen LogP contribution in [0.3, 0.4) is 0 Å². The van der Waals surface area contributed by atoms with E-state index >= 15 is 0 Å². The van der Waals surface area contributed by atoms with Crippen LogP contribution in [0.2, 0.25) is 0 Å². The Labute approximate surface area is 92.7 Å². The normalized spacial score (nSPS) is 11.4. The SMILES string of the molecule is COC(=O)CC(=O)N[C@H](CS)C(=O)OC. The number of hydrogen-bond acceptors (Lipinski definition) is 6. The summed E-state index contributed by atoms with van der Waals surface area (Å²) >= 11 is 3.87. The number of amides is 1. The molecule has 0 bridgehead atoms. The first-order chi connectivity index (χ1) is 7.04. The number of methoxy groups -OCH3 is 2. The van der Waals surface area contributed by atoms with Crippen molar-refractivity contribution in [3.8, 4) is 0 Å². The van der Waals surface area contributed by atoms with Crippen molar-refractivity contribution < 1.29 is 23.9 Å². The van der Waals surface area contributed by atoms with Gasteiger partial charge in [-0.3, -0.25) is 9.59 Å². The maximum atomic E-state index is 11.1. The third kappa shape index (κ3) is 5.26. The minimum absolute atomic E-state index is 0.0968. The van der Waals surface area contributed by atoms with Crippen LogP contribution in [0, 0.1) is 0 Å². The Morgan fingerprint density at radius 2 is 1.87 bits per heavy atom. The third-order valence-corrected chi connectivity index (χ3v) is 1.90. The van der Waals surface area contributed by atoms with Crippen molar-refractivity contribution in [2.75, 3.05) is 20.0 Å². The van der Waals surface area contributed by atoms with Gasteiger partial charge in [-0.15, -0.1) is 0 Å². The molecule has 1 amide bonds. The summed E-state index contributed by atoms with van der Waals surface area (Å²) < 4.78 is 8.70. The van der Waals surface area contributed by atoms with E-state index in [1.807, 2.05) is 0 Å². The van der Waals surface area contributed by atoms with Crippen molar-refractivity contribution in [3.63, 3.8) is 0 Å². The fourth-order valence-corrected chi connectivity index (χ4v) is 1.01. The lowest BCUT2D eigenvalue weighted by molar-refractivity contribution is -0.147. The molecule has 86 valence electrons. The van der Waals surface area contributed by atoms with E-state index in [4.69, 9.17) is 0 Å². The summed E-state index contributed by atoms with van der Waals surface area (Å²) in [4.78, 5) is 32.9. The van der Waals surface area contributed by atoms with Crippen LogP contribution < -0.4 is 5.32 Å². The Hall–Kier alpha value is -1.24. The first kappa shape index (κ1) is 13.8. The predicted molar refractivity (Wildman–Crippen MR) is 54.4 cm³/mol. The van der Waals surface area contributed by atoms with Crippen LogP contribution in [0.4, 0.5) is 0 Å². The van der Waals surface area contributed by atoms with Crippen molar-refractivity contribution in [2.45, 2.75) is 12.5 Å². The van der Waals surface area contributed by atoms with Crippen molar-refractivity contribution in [2.24, 2.45) is 0 Å². The number of carbonyl (C=O) groups excluding carboxylic acids is 3. The van der Waals surface area contributed by atoms with Gasteiger partial charge in [0, 0.05) is 5.75 Å². The highest BCUT2D eigenvalue weighted by Crippen LogP contribution is 1.93. The number of ether oxygens (including phenoxy) is 2. The van der Waals surface area contributed by atoms with E-state index < -0.39 is 30.3 Å². The molecule has 0 aliphatic carbocycles. The molecule has 7 heteroatoms. The average Bonchev–Trinajstić information content (AvgIpc) is 2.24. The van der Waals surface area contributed by atoms with E-state index in [1.165, 1.54) is 14.2 Å². The van der Waals surface area contributed by atoms with Gasteiger partial charge >= 0.3 is 11.9 Å². The molecular formula is C8H13NO5S. The van der Waals surface area contributed by atoms with E-state index in [9.17, 15) is 14.4 Å². The zero-order valence-corrected chi connectivity index (χ0v) is 9.37. The van der Waals surface area contributed by atoms with E-state index in [2.05, 4.69) is 27.4 Å². The lowest BCUT2D eigenvalue weighted by Crippen LogP contribution is -2.43. The zero-order valence-electron chi connectivity index (χ0n) is 8.48. The van der Waals surface area contributed by atoms with Crippen LogP contribution >= 0.6 is 12.6 Å². The Morgan fingerprint density at radius 1 is 1.27 bits per heavy atom. The molecule has 0 radical (unpaired) electrons. The first-order valence-corrected chi connectivity index (χ1v) is 4.73. The van der Waals surface area contributed by atoms with Crippen LogP contribution in [0.25, 0.3) is 0 Å². The molecule has 0 aromatic carbocycles. The quantitative estimate of drug-likeness (QED) is 0.368. The lowest BCUT2D eigenvalue weighted by atomic mass is 10.3. The molecule has 6 nitrogen and oxygen atoms in total. The van der Waals surface area contributed by atoms with Crippen LogP contribution in [0.15, 0.2) is 0 Å². The smallest absolute Gasteiger partial charge is 0.329 e. The highest BCUT2D eigenvalue weighted by atomic mass is 32.1. The van der Waals surface area contributed by atoms with Gasteiger partial charge in [0.2, 0.25) is 5.91 Å². The molecule has 0 fully saturated rings. The highest BCUT2D eigenvalue weighted by molar-refractivity contribution is 7.80. The summed E-state index contributed by atoms with van der Waals surface area (Å²) in [7, 11) is 2.37. The monoisotopic (exact) mass is 235 g/mol. The van der Waals surface area contributed by atoms with Crippen molar-refractivity contribution in [3.05, 3.63) is 0 Å². The summed E-state index contributed by atoms with van der Waals surface area (Å²) in [5, 5.41) is 2.29. The molecule has 0 aromatic rings. The minimum atomic E-state index is -0.851. The number of nitrogens with one attached hydrogen (secondary N) is 1. The molecule has 0 aliphatic heterocycles. The molecule has 0 spiro atoms. The van der Waals surface area contributed by atoms with Gasteiger partial charge in [0.25, 0.3) is 0 Å². The number of rotatable bonds is 5. The van der Waals surface area contributed by atoms with Gasteiger partial charge in [0.1, 0.15) is 12.5 Å². The van der Waals surface area contributed by atoms with Crippen molar-refractivity contribution in [1.82, 2.24) is 5.32 Å². The van der Waals surface area contributed by atoms with Crippen LogP contribution in [-0.2, 0) is 23.9 Å². The zero-order chi connectivity index (χ0) is 11.8.